The fourth-order valence-corrected chi connectivity index (χ4v) is 5.12. The first-order chi connectivity index (χ1) is 16.7. The number of rotatable bonds is 5. The summed E-state index contributed by atoms with van der Waals surface area (Å²) in [5.74, 6) is -0.828. The lowest BCUT2D eigenvalue weighted by atomic mass is 9.93. The molecule has 2 aromatic heterocycles. The molecule has 2 aliphatic rings. The smallest absolute Gasteiger partial charge is 0.317 e. The van der Waals surface area contributed by atoms with Crippen LogP contribution in [0.4, 0.5) is 24.7 Å². The van der Waals surface area contributed by atoms with E-state index in [9.17, 15) is 18.3 Å². The van der Waals surface area contributed by atoms with Crippen LogP contribution in [0.2, 0.25) is 0 Å². The number of anilines is 2. The Morgan fingerprint density at radius 3 is 2.69 bits per heavy atom. The first-order valence-electron chi connectivity index (χ1n) is 11.0. The molecule has 2 aliphatic heterocycles. The maximum absolute atomic E-state index is 14.5. The lowest BCUT2D eigenvalue weighted by Crippen LogP contribution is -2.57. The molecule has 5 rings (SSSR count). The number of phenols is 1. The number of phenolic OH excluding ortho intramolecular Hbond substituents is 1. The second-order valence-electron chi connectivity index (χ2n) is 8.70. The third-order valence-electron chi connectivity index (χ3n) is 6.61. The van der Waals surface area contributed by atoms with Gasteiger partial charge in [0.25, 0.3) is 6.43 Å². The number of ether oxygens (including phenoxy) is 1. The quantitative estimate of drug-likeness (QED) is 0.497. The molecule has 1 fully saturated rings. The molecule has 1 saturated heterocycles. The standard InChI is InChI=1S/C23H22ClF3N6O2/c1-11-15(8-24)12(2)30-22(29-11)35-13-7-23(21(26)27)10-28-20-18(33(23)9-13)6-17(31-32-20)14-4-3-5-16(25)19(14)34/h3-6,13,21,34H,7-10H2,1-2H3,(H,28,32). The number of aryl methyl sites for hydroxylation is 2. The van der Waals surface area contributed by atoms with Crippen LogP contribution in [0.1, 0.15) is 23.4 Å². The number of fused-ring (bicyclic) bond motifs is 3. The van der Waals surface area contributed by atoms with Crippen molar-refractivity contribution in [3.05, 3.63) is 47.0 Å². The van der Waals surface area contributed by atoms with E-state index in [0.717, 1.165) is 11.6 Å². The van der Waals surface area contributed by atoms with Crippen LogP contribution in [0.3, 0.4) is 0 Å². The zero-order valence-corrected chi connectivity index (χ0v) is 19.7. The number of benzene rings is 1. The van der Waals surface area contributed by atoms with Crippen molar-refractivity contribution < 1.29 is 23.0 Å². The van der Waals surface area contributed by atoms with Crippen LogP contribution in [0.5, 0.6) is 11.8 Å². The second-order valence-corrected chi connectivity index (χ2v) is 8.97. The van der Waals surface area contributed by atoms with E-state index >= 15 is 0 Å². The Bertz CT molecular complexity index is 1270. The van der Waals surface area contributed by atoms with E-state index < -0.39 is 29.6 Å². The molecule has 2 unspecified atom stereocenters. The molecule has 0 saturated carbocycles. The van der Waals surface area contributed by atoms with Gasteiger partial charge >= 0.3 is 6.01 Å². The highest BCUT2D eigenvalue weighted by atomic mass is 35.5. The highest BCUT2D eigenvalue weighted by Gasteiger charge is 2.56. The molecule has 4 heterocycles. The predicted octanol–water partition coefficient (Wildman–Crippen LogP) is 4.22. The van der Waals surface area contributed by atoms with Crippen molar-refractivity contribution in [3.8, 4) is 23.0 Å². The normalized spacial score (nSPS) is 21.0. The van der Waals surface area contributed by atoms with Crippen molar-refractivity contribution >= 4 is 23.1 Å². The molecule has 0 aliphatic carbocycles. The van der Waals surface area contributed by atoms with Gasteiger partial charge in [-0.25, -0.2) is 23.1 Å². The van der Waals surface area contributed by atoms with Crippen LogP contribution < -0.4 is 15.0 Å². The number of hydrogen-bond donors (Lipinski definition) is 2. The van der Waals surface area contributed by atoms with E-state index in [4.69, 9.17) is 16.3 Å². The van der Waals surface area contributed by atoms with Crippen molar-refractivity contribution in [1.82, 2.24) is 20.2 Å². The average Bonchev–Trinajstić information content (AvgIpc) is 3.20. The van der Waals surface area contributed by atoms with Gasteiger partial charge in [0, 0.05) is 35.5 Å². The Hall–Kier alpha value is -3.34. The highest BCUT2D eigenvalue weighted by molar-refractivity contribution is 6.17. The largest absolute Gasteiger partial charge is 0.504 e. The summed E-state index contributed by atoms with van der Waals surface area (Å²) in [7, 11) is 0. The number of para-hydroxylation sites is 1. The molecule has 12 heteroatoms. The van der Waals surface area contributed by atoms with Crippen LogP contribution >= 0.6 is 11.6 Å². The van der Waals surface area contributed by atoms with Crippen molar-refractivity contribution in [3.63, 3.8) is 0 Å². The maximum atomic E-state index is 14.5. The van der Waals surface area contributed by atoms with Crippen LogP contribution in [-0.4, -0.2) is 56.4 Å². The number of halogens is 4. The van der Waals surface area contributed by atoms with Crippen LogP contribution in [0, 0.1) is 19.7 Å². The summed E-state index contributed by atoms with van der Waals surface area (Å²) in [6.45, 7) is 3.64. The topological polar surface area (TPSA) is 96.3 Å². The van der Waals surface area contributed by atoms with Gasteiger partial charge in [0.1, 0.15) is 11.6 Å². The van der Waals surface area contributed by atoms with E-state index in [1.165, 1.54) is 18.2 Å². The molecule has 184 valence electrons. The fraction of sp³-hybridized carbons (Fsp3) is 0.391. The Morgan fingerprint density at radius 1 is 1.26 bits per heavy atom. The molecule has 2 N–H and O–H groups in total. The number of nitrogens with one attached hydrogen (secondary N) is 1. The molecule has 35 heavy (non-hydrogen) atoms. The Morgan fingerprint density at radius 2 is 2.00 bits per heavy atom. The summed E-state index contributed by atoms with van der Waals surface area (Å²) in [5, 5.41) is 21.2. The molecule has 0 radical (unpaired) electrons. The molecule has 2 atom stereocenters. The SMILES string of the molecule is Cc1nc(OC2CN3c4cc(-c5cccc(F)c5O)nnc4NCC3(C(F)F)C2)nc(C)c1CCl. The number of aromatic nitrogens is 4. The van der Waals surface area contributed by atoms with Gasteiger partial charge in [-0.3, -0.25) is 0 Å². The summed E-state index contributed by atoms with van der Waals surface area (Å²) in [5.41, 5.74) is 1.20. The number of hydrogen-bond acceptors (Lipinski definition) is 8. The Kier molecular flexibility index (Phi) is 5.82. The van der Waals surface area contributed by atoms with E-state index in [1.54, 1.807) is 18.7 Å². The number of nitrogens with zero attached hydrogens (tertiary/aromatic N) is 5. The molecule has 0 bridgehead atoms. The Balaban J connectivity index is 1.50. The van der Waals surface area contributed by atoms with E-state index in [1.807, 2.05) is 0 Å². The lowest BCUT2D eigenvalue weighted by molar-refractivity contribution is 0.0524. The zero-order valence-electron chi connectivity index (χ0n) is 18.9. The van der Waals surface area contributed by atoms with E-state index in [2.05, 4.69) is 25.5 Å². The molecule has 8 nitrogen and oxygen atoms in total. The molecule has 3 aromatic rings. The first kappa shape index (κ1) is 23.4. The lowest BCUT2D eigenvalue weighted by Gasteiger charge is -2.43. The molecule has 0 amide bonds. The summed E-state index contributed by atoms with van der Waals surface area (Å²) in [4.78, 5) is 10.2. The third kappa shape index (κ3) is 3.87. The molecule has 1 aromatic carbocycles. The van der Waals surface area contributed by atoms with Gasteiger partial charge in [-0.2, -0.15) is 0 Å². The van der Waals surface area contributed by atoms with Crippen LogP contribution in [0.15, 0.2) is 24.3 Å². The minimum Gasteiger partial charge on any atom is -0.504 e. The zero-order chi connectivity index (χ0) is 24.9. The fourth-order valence-electron chi connectivity index (χ4n) is 4.73. The number of alkyl halides is 3. The Labute approximate surface area is 204 Å². The van der Waals surface area contributed by atoms with Crippen molar-refractivity contribution in [2.24, 2.45) is 0 Å². The molecular formula is C23H22ClF3N6O2. The highest BCUT2D eigenvalue weighted by Crippen LogP contribution is 2.46. The second kappa shape index (κ2) is 8.71. The number of aromatic hydroxyl groups is 1. The first-order valence-corrected chi connectivity index (χ1v) is 11.5. The van der Waals surface area contributed by atoms with Gasteiger partial charge in [-0.05, 0) is 32.0 Å². The molecular weight excluding hydrogens is 485 g/mol. The van der Waals surface area contributed by atoms with Gasteiger partial charge in [0.15, 0.2) is 17.4 Å². The van der Waals surface area contributed by atoms with Gasteiger partial charge in [-0.1, -0.05) is 6.07 Å². The molecule has 0 spiro atoms. The minimum atomic E-state index is -2.71. The maximum Gasteiger partial charge on any atom is 0.317 e. The summed E-state index contributed by atoms with van der Waals surface area (Å²) in [6.07, 6.45) is -3.32. The van der Waals surface area contributed by atoms with E-state index in [-0.39, 0.29) is 42.7 Å². The van der Waals surface area contributed by atoms with Crippen molar-refractivity contribution in [2.75, 3.05) is 23.3 Å². The van der Waals surface area contributed by atoms with E-state index in [0.29, 0.717) is 22.9 Å². The van der Waals surface area contributed by atoms with Gasteiger partial charge in [0.05, 0.1) is 23.8 Å². The average molecular weight is 507 g/mol. The summed E-state index contributed by atoms with van der Waals surface area (Å²) >= 11 is 5.95. The van der Waals surface area contributed by atoms with Crippen molar-refractivity contribution in [2.45, 2.75) is 44.2 Å². The third-order valence-corrected chi connectivity index (χ3v) is 6.87. The van der Waals surface area contributed by atoms with Crippen LogP contribution in [0.25, 0.3) is 11.3 Å². The summed E-state index contributed by atoms with van der Waals surface area (Å²) in [6, 6.07) is 5.64. The summed E-state index contributed by atoms with van der Waals surface area (Å²) < 4.78 is 48.9. The minimum absolute atomic E-state index is 0.0126. The monoisotopic (exact) mass is 506 g/mol. The van der Waals surface area contributed by atoms with Gasteiger partial charge in [-0.15, -0.1) is 21.8 Å². The van der Waals surface area contributed by atoms with Gasteiger partial charge < -0.3 is 20.1 Å². The van der Waals surface area contributed by atoms with Gasteiger partial charge in [0.2, 0.25) is 0 Å². The predicted molar refractivity (Wildman–Crippen MR) is 124 cm³/mol. The van der Waals surface area contributed by atoms with Crippen LogP contribution in [-0.2, 0) is 5.88 Å². The van der Waals surface area contributed by atoms with Crippen molar-refractivity contribution in [1.29, 1.82) is 0 Å².